The molecule has 0 saturated carbocycles. The van der Waals surface area contributed by atoms with Gasteiger partial charge in [-0.15, -0.1) is 0 Å². The van der Waals surface area contributed by atoms with Gasteiger partial charge in [0.1, 0.15) is 5.65 Å². The molecule has 1 spiro atoms. The molecule has 2 nitrogen and oxygen atoms in total. The Morgan fingerprint density at radius 1 is 0.365 bits per heavy atom. The molecule has 0 atom stereocenters. The summed E-state index contributed by atoms with van der Waals surface area (Å²) in [6.07, 6.45) is 0. The minimum atomic E-state index is -0.354. The predicted molar refractivity (Wildman–Crippen MR) is 215 cm³/mol. The van der Waals surface area contributed by atoms with E-state index in [1.807, 2.05) is 0 Å². The van der Waals surface area contributed by atoms with Gasteiger partial charge >= 0.3 is 0 Å². The number of hydrogen-bond acceptors (Lipinski definition) is 1. The van der Waals surface area contributed by atoms with E-state index in [1.54, 1.807) is 0 Å². The quantitative estimate of drug-likeness (QED) is 0.169. The molecule has 0 radical (unpaired) electrons. The Kier molecular flexibility index (Phi) is 5.46. The lowest BCUT2D eigenvalue weighted by Crippen LogP contribution is -2.25. The highest BCUT2D eigenvalue weighted by Crippen LogP contribution is 2.63. The normalized spacial score (nSPS) is 13.5. The fourth-order valence-corrected chi connectivity index (χ4v) is 9.74. The third-order valence-electron chi connectivity index (χ3n) is 11.8. The SMILES string of the molecule is c1cc(-c2ccc3c4ccccc4n4c5ccccc5nc4c3c2)cc(-c2cccc3c2-c2ccccc2C32c3ccccc3-c3ccccc32)c1. The topological polar surface area (TPSA) is 17.3 Å². The number of nitrogens with zero attached hydrogens (tertiary/aromatic N) is 2. The van der Waals surface area contributed by atoms with Crippen LogP contribution >= 0.6 is 0 Å². The maximum absolute atomic E-state index is 5.18. The average Bonchev–Trinajstić information content (AvgIpc) is 3.86. The molecule has 2 heteroatoms. The zero-order valence-electron chi connectivity index (χ0n) is 28.2. The van der Waals surface area contributed by atoms with Crippen LogP contribution in [0.2, 0.25) is 0 Å². The first kappa shape index (κ1) is 28.0. The standard InChI is InChI=1S/C50H30N2/c1-5-20-41-36(15-1)37-16-2-6-21-42(37)50(41)43-22-7-3-18-39(43)48-34(19-12-23-44(48)50)33-14-11-13-31(29-33)32-27-28-35-38-17-4-9-25-46(38)52-47-26-10-8-24-45(47)51-49(52)40(35)30-32/h1-30H. The monoisotopic (exact) mass is 658 g/mol. The van der Waals surface area contributed by atoms with E-state index in [9.17, 15) is 0 Å². The third kappa shape index (κ3) is 3.46. The first-order valence-corrected chi connectivity index (χ1v) is 18.1. The van der Waals surface area contributed by atoms with E-state index in [0.717, 1.165) is 22.1 Å². The largest absolute Gasteiger partial charge is 0.292 e. The molecule has 8 aromatic carbocycles. The fraction of sp³-hybridized carbons (Fsp3) is 0.0200. The zero-order chi connectivity index (χ0) is 34.0. The van der Waals surface area contributed by atoms with E-state index in [0.29, 0.717) is 0 Å². The Morgan fingerprint density at radius 3 is 1.75 bits per heavy atom. The van der Waals surface area contributed by atoms with Crippen molar-refractivity contribution >= 4 is 38.4 Å². The minimum Gasteiger partial charge on any atom is -0.292 e. The molecule has 12 rings (SSSR count). The highest BCUT2D eigenvalue weighted by molar-refractivity contribution is 6.14. The van der Waals surface area contributed by atoms with E-state index in [1.165, 1.54) is 83.1 Å². The number of imidazole rings is 1. The summed E-state index contributed by atoms with van der Waals surface area (Å²) in [7, 11) is 0. The first-order chi connectivity index (χ1) is 25.8. The van der Waals surface area contributed by atoms with Crippen molar-refractivity contribution in [1.82, 2.24) is 9.38 Å². The molecule has 0 fully saturated rings. The maximum Gasteiger partial charge on any atom is 0.146 e. The number of aromatic nitrogens is 2. The summed E-state index contributed by atoms with van der Waals surface area (Å²) in [5, 5.41) is 3.61. The molecule has 0 saturated heterocycles. The van der Waals surface area contributed by atoms with Crippen molar-refractivity contribution in [3.8, 4) is 44.5 Å². The van der Waals surface area contributed by atoms with Crippen molar-refractivity contribution in [2.45, 2.75) is 5.41 Å². The molecule has 0 bridgehead atoms. The number of rotatable bonds is 2. The van der Waals surface area contributed by atoms with Crippen LogP contribution in [-0.2, 0) is 5.41 Å². The van der Waals surface area contributed by atoms with Gasteiger partial charge in [0.15, 0.2) is 0 Å². The molecule has 0 amide bonds. The van der Waals surface area contributed by atoms with Crippen LogP contribution < -0.4 is 0 Å². The van der Waals surface area contributed by atoms with Gasteiger partial charge < -0.3 is 0 Å². The van der Waals surface area contributed by atoms with Gasteiger partial charge in [0.05, 0.1) is 22.0 Å². The summed E-state index contributed by atoms with van der Waals surface area (Å²) in [6.45, 7) is 0. The van der Waals surface area contributed by atoms with Gasteiger partial charge in [0.2, 0.25) is 0 Å². The lowest BCUT2D eigenvalue weighted by Gasteiger charge is -2.30. The van der Waals surface area contributed by atoms with Crippen molar-refractivity contribution in [2.75, 3.05) is 0 Å². The van der Waals surface area contributed by atoms with Crippen LogP contribution in [0.4, 0.5) is 0 Å². The van der Waals surface area contributed by atoms with Crippen LogP contribution in [-0.4, -0.2) is 9.38 Å². The molecule has 0 unspecified atom stereocenters. The fourth-order valence-electron chi connectivity index (χ4n) is 9.74. The first-order valence-electron chi connectivity index (χ1n) is 18.1. The summed E-state index contributed by atoms with van der Waals surface area (Å²) in [5.74, 6) is 0. The molecule has 2 aromatic heterocycles. The summed E-state index contributed by atoms with van der Waals surface area (Å²) in [5.41, 5.74) is 19.6. The Labute approximate surface area is 300 Å². The number of fused-ring (bicyclic) bond motifs is 18. The van der Waals surface area contributed by atoms with Crippen molar-refractivity contribution in [3.05, 3.63) is 204 Å². The molecule has 52 heavy (non-hydrogen) atoms. The summed E-state index contributed by atoms with van der Waals surface area (Å²) in [4.78, 5) is 5.18. The van der Waals surface area contributed by atoms with E-state index in [4.69, 9.17) is 4.98 Å². The number of pyridine rings is 1. The average molecular weight is 659 g/mol. The van der Waals surface area contributed by atoms with E-state index in [2.05, 4.69) is 186 Å². The van der Waals surface area contributed by atoms with Crippen LogP contribution in [0.3, 0.4) is 0 Å². The minimum absolute atomic E-state index is 0.354. The van der Waals surface area contributed by atoms with Crippen LogP contribution in [0, 0.1) is 0 Å². The number of para-hydroxylation sites is 3. The molecule has 2 heterocycles. The maximum atomic E-state index is 5.18. The van der Waals surface area contributed by atoms with Crippen LogP contribution in [0.15, 0.2) is 182 Å². The molecule has 2 aliphatic carbocycles. The van der Waals surface area contributed by atoms with Crippen molar-refractivity contribution in [1.29, 1.82) is 0 Å². The highest BCUT2D eigenvalue weighted by Gasteiger charge is 2.51. The Bertz CT molecular complexity index is 3100. The predicted octanol–water partition coefficient (Wildman–Crippen LogP) is 12.5. The van der Waals surface area contributed by atoms with Gasteiger partial charge in [0.25, 0.3) is 0 Å². The Morgan fingerprint density at radius 2 is 0.942 bits per heavy atom. The summed E-state index contributed by atoms with van der Waals surface area (Å²) in [6, 6.07) is 67.2. The van der Waals surface area contributed by atoms with E-state index < -0.39 is 0 Å². The van der Waals surface area contributed by atoms with Gasteiger partial charge in [-0.1, -0.05) is 152 Å². The van der Waals surface area contributed by atoms with Gasteiger partial charge in [-0.25, -0.2) is 4.98 Å². The second-order valence-corrected chi connectivity index (χ2v) is 14.2. The third-order valence-corrected chi connectivity index (χ3v) is 11.8. The smallest absolute Gasteiger partial charge is 0.146 e. The van der Waals surface area contributed by atoms with E-state index >= 15 is 0 Å². The molecular formula is C50H30N2. The van der Waals surface area contributed by atoms with Crippen LogP contribution in [0.25, 0.3) is 82.9 Å². The summed E-state index contributed by atoms with van der Waals surface area (Å²) >= 11 is 0. The van der Waals surface area contributed by atoms with Gasteiger partial charge in [0, 0.05) is 10.8 Å². The van der Waals surface area contributed by atoms with E-state index in [-0.39, 0.29) is 5.41 Å². The molecule has 0 aliphatic heterocycles. The van der Waals surface area contributed by atoms with Gasteiger partial charge in [-0.2, -0.15) is 0 Å². The second kappa shape index (κ2) is 10.2. The lowest BCUT2D eigenvalue weighted by atomic mass is 9.70. The van der Waals surface area contributed by atoms with Crippen molar-refractivity contribution in [3.63, 3.8) is 0 Å². The Hall–Kier alpha value is -6.77. The summed E-state index contributed by atoms with van der Waals surface area (Å²) < 4.78 is 2.33. The molecular weight excluding hydrogens is 629 g/mol. The van der Waals surface area contributed by atoms with Gasteiger partial charge in [-0.3, -0.25) is 4.40 Å². The van der Waals surface area contributed by atoms with Crippen molar-refractivity contribution < 1.29 is 0 Å². The van der Waals surface area contributed by atoms with Gasteiger partial charge in [-0.05, 0) is 102 Å². The van der Waals surface area contributed by atoms with Crippen LogP contribution in [0.5, 0.6) is 0 Å². The molecule has 0 N–H and O–H groups in total. The lowest BCUT2D eigenvalue weighted by molar-refractivity contribution is 0.794. The second-order valence-electron chi connectivity index (χ2n) is 14.2. The highest BCUT2D eigenvalue weighted by atomic mass is 15.0. The number of benzene rings is 8. The van der Waals surface area contributed by atoms with Crippen molar-refractivity contribution in [2.24, 2.45) is 0 Å². The molecule has 2 aliphatic rings. The van der Waals surface area contributed by atoms with Crippen LogP contribution in [0.1, 0.15) is 22.3 Å². The Balaban J connectivity index is 1.08. The molecule has 240 valence electrons. The zero-order valence-corrected chi connectivity index (χ0v) is 28.2. The number of hydrogen-bond donors (Lipinski definition) is 0. The molecule has 10 aromatic rings.